The van der Waals surface area contributed by atoms with E-state index in [1.165, 1.54) is 0 Å². The maximum atomic E-state index is 12.9. The van der Waals surface area contributed by atoms with E-state index in [1.807, 2.05) is 24.1 Å². The molecule has 0 aromatic rings. The highest BCUT2D eigenvalue weighted by atomic mass is 19.3. The molecular formula is C13H22F4N2O2. The molecule has 1 unspecified atom stereocenters. The monoisotopic (exact) mass is 314 g/mol. The number of hydrogen-bond donors (Lipinski definition) is 1. The quantitative estimate of drug-likeness (QED) is 0.728. The van der Waals surface area contributed by atoms with Crippen molar-refractivity contribution >= 4 is 5.91 Å². The van der Waals surface area contributed by atoms with Crippen LogP contribution in [0.1, 0.15) is 20.3 Å². The normalized spacial score (nSPS) is 19.0. The molecule has 21 heavy (non-hydrogen) atoms. The van der Waals surface area contributed by atoms with Gasteiger partial charge in [-0.2, -0.15) is 8.78 Å². The third-order valence-electron chi connectivity index (χ3n) is 3.38. The number of rotatable bonds is 7. The molecule has 0 radical (unpaired) electrons. The lowest BCUT2D eigenvalue weighted by molar-refractivity contribution is -0.169. The van der Waals surface area contributed by atoms with Gasteiger partial charge < -0.3 is 10.1 Å². The predicted molar refractivity (Wildman–Crippen MR) is 69.6 cm³/mol. The molecule has 1 rings (SSSR count). The summed E-state index contributed by atoms with van der Waals surface area (Å²) in [6, 6.07) is -0.161. The number of alkyl halides is 4. The van der Waals surface area contributed by atoms with E-state index in [9.17, 15) is 22.4 Å². The molecule has 1 saturated heterocycles. The van der Waals surface area contributed by atoms with E-state index in [0.29, 0.717) is 38.6 Å². The molecule has 1 fully saturated rings. The van der Waals surface area contributed by atoms with E-state index in [0.717, 1.165) is 0 Å². The summed E-state index contributed by atoms with van der Waals surface area (Å²) in [5.74, 6) is -6.27. The Bertz CT molecular complexity index is 334. The summed E-state index contributed by atoms with van der Waals surface area (Å²) in [5.41, 5.74) is 0. The largest absolute Gasteiger partial charge is 0.383 e. The van der Waals surface area contributed by atoms with Crippen molar-refractivity contribution in [3.63, 3.8) is 0 Å². The molecule has 1 N–H and O–H groups in total. The second-order valence-corrected chi connectivity index (χ2v) is 5.57. The fourth-order valence-electron chi connectivity index (χ4n) is 2.28. The van der Waals surface area contributed by atoms with E-state index >= 15 is 0 Å². The second kappa shape index (κ2) is 7.93. The zero-order valence-corrected chi connectivity index (χ0v) is 12.3. The van der Waals surface area contributed by atoms with Gasteiger partial charge in [0.25, 0.3) is 5.91 Å². The van der Waals surface area contributed by atoms with Crippen LogP contribution in [0.5, 0.6) is 0 Å². The maximum Gasteiger partial charge on any atom is 0.383 e. The number of carbonyl (C=O) groups is 1. The Kier molecular flexibility index (Phi) is 6.86. The number of carbonyl (C=O) groups excluding carboxylic acids is 1. The molecule has 0 bridgehead atoms. The number of nitrogens with zero attached hydrogens (tertiary/aromatic N) is 1. The number of amides is 1. The van der Waals surface area contributed by atoms with Crippen LogP contribution in [0.3, 0.4) is 0 Å². The van der Waals surface area contributed by atoms with Gasteiger partial charge in [-0.3, -0.25) is 9.69 Å². The van der Waals surface area contributed by atoms with Crippen molar-refractivity contribution in [2.45, 2.75) is 38.7 Å². The van der Waals surface area contributed by atoms with Gasteiger partial charge in [0.05, 0.1) is 13.2 Å². The summed E-state index contributed by atoms with van der Waals surface area (Å²) in [7, 11) is 0. The van der Waals surface area contributed by atoms with Gasteiger partial charge in [0, 0.05) is 25.7 Å². The topological polar surface area (TPSA) is 41.6 Å². The molecular weight excluding hydrogens is 292 g/mol. The number of ether oxygens (including phenoxy) is 1. The first-order chi connectivity index (χ1) is 9.75. The van der Waals surface area contributed by atoms with E-state index in [-0.39, 0.29) is 12.6 Å². The first-order valence-corrected chi connectivity index (χ1v) is 7.01. The van der Waals surface area contributed by atoms with Gasteiger partial charge in [0.15, 0.2) is 0 Å². The van der Waals surface area contributed by atoms with E-state index in [4.69, 9.17) is 4.74 Å². The minimum Gasteiger partial charge on any atom is -0.379 e. The van der Waals surface area contributed by atoms with Crippen molar-refractivity contribution in [2.75, 3.05) is 32.8 Å². The highest BCUT2D eigenvalue weighted by Gasteiger charge is 2.48. The van der Waals surface area contributed by atoms with Gasteiger partial charge in [0.2, 0.25) is 0 Å². The Morgan fingerprint density at radius 1 is 1.29 bits per heavy atom. The van der Waals surface area contributed by atoms with Gasteiger partial charge in [-0.1, -0.05) is 13.8 Å². The zero-order valence-electron chi connectivity index (χ0n) is 12.3. The van der Waals surface area contributed by atoms with Crippen molar-refractivity contribution in [3.8, 4) is 0 Å². The Morgan fingerprint density at radius 2 is 1.86 bits per heavy atom. The highest BCUT2D eigenvalue weighted by molar-refractivity contribution is 5.83. The molecule has 0 aromatic carbocycles. The minimum absolute atomic E-state index is 0.0701. The molecule has 0 saturated carbocycles. The van der Waals surface area contributed by atoms with Crippen LogP contribution in [0.4, 0.5) is 17.6 Å². The summed E-state index contributed by atoms with van der Waals surface area (Å²) in [6.07, 6.45) is -3.31. The molecule has 1 atom stereocenters. The molecule has 4 nitrogen and oxygen atoms in total. The average Bonchev–Trinajstić information content (AvgIpc) is 2.43. The Labute approximate surface area is 121 Å². The van der Waals surface area contributed by atoms with E-state index in [1.54, 1.807) is 0 Å². The van der Waals surface area contributed by atoms with Crippen LogP contribution in [-0.2, 0) is 9.53 Å². The molecule has 1 amide bonds. The van der Waals surface area contributed by atoms with Crippen molar-refractivity contribution in [1.29, 1.82) is 0 Å². The Hall–Kier alpha value is -0.890. The molecule has 1 aliphatic heterocycles. The maximum absolute atomic E-state index is 12.9. The molecule has 8 heteroatoms. The molecule has 0 aliphatic carbocycles. The fourth-order valence-corrected chi connectivity index (χ4v) is 2.28. The number of nitrogens with one attached hydrogen (secondary N) is 1. The van der Waals surface area contributed by atoms with E-state index in [2.05, 4.69) is 0 Å². The summed E-state index contributed by atoms with van der Waals surface area (Å²) in [4.78, 5) is 13.2. The van der Waals surface area contributed by atoms with Gasteiger partial charge in [-0.15, -0.1) is 0 Å². The molecule has 1 aliphatic rings. The van der Waals surface area contributed by atoms with Crippen molar-refractivity contribution in [2.24, 2.45) is 5.92 Å². The second-order valence-electron chi connectivity index (χ2n) is 5.57. The predicted octanol–water partition coefficient (Wildman–Crippen LogP) is 1.75. The molecule has 124 valence electrons. The van der Waals surface area contributed by atoms with Crippen molar-refractivity contribution < 1.29 is 27.1 Å². The Balaban J connectivity index is 2.58. The smallest absolute Gasteiger partial charge is 0.379 e. The number of halogens is 4. The zero-order chi connectivity index (χ0) is 16.0. The lowest BCUT2D eigenvalue weighted by Crippen LogP contribution is -2.52. The minimum atomic E-state index is -4.65. The molecule has 0 spiro atoms. The third kappa shape index (κ3) is 5.43. The van der Waals surface area contributed by atoms with Crippen LogP contribution < -0.4 is 5.32 Å². The van der Waals surface area contributed by atoms with Crippen LogP contribution in [-0.4, -0.2) is 62.0 Å². The summed E-state index contributed by atoms with van der Waals surface area (Å²) in [5, 5.41) is 1.96. The fraction of sp³-hybridized carbons (Fsp3) is 0.923. The first kappa shape index (κ1) is 18.2. The lowest BCUT2D eigenvalue weighted by Gasteiger charge is -2.35. The van der Waals surface area contributed by atoms with Crippen LogP contribution in [0, 0.1) is 5.92 Å². The first-order valence-electron chi connectivity index (χ1n) is 7.01. The Morgan fingerprint density at radius 3 is 2.33 bits per heavy atom. The third-order valence-corrected chi connectivity index (χ3v) is 3.38. The SMILES string of the molecule is CC(C)CC(CNC(=O)C(F)(F)C(F)F)N1CCOCC1. The van der Waals surface area contributed by atoms with Gasteiger partial charge in [0.1, 0.15) is 0 Å². The summed E-state index contributed by atoms with van der Waals surface area (Å²) < 4.78 is 55.2. The average molecular weight is 314 g/mol. The van der Waals surface area contributed by atoms with Crippen LogP contribution in [0.15, 0.2) is 0 Å². The lowest BCUT2D eigenvalue weighted by atomic mass is 10.0. The van der Waals surface area contributed by atoms with Crippen LogP contribution in [0.2, 0.25) is 0 Å². The molecule has 0 aromatic heterocycles. The van der Waals surface area contributed by atoms with Crippen LogP contribution in [0.25, 0.3) is 0 Å². The standard InChI is InChI=1S/C13H22F4N2O2/c1-9(2)7-10(19-3-5-21-6-4-19)8-18-12(20)13(16,17)11(14)15/h9-11H,3-8H2,1-2H3,(H,18,20). The van der Waals surface area contributed by atoms with Gasteiger partial charge in [-0.25, -0.2) is 8.78 Å². The van der Waals surface area contributed by atoms with Gasteiger partial charge >= 0.3 is 12.3 Å². The van der Waals surface area contributed by atoms with Gasteiger partial charge in [-0.05, 0) is 12.3 Å². The number of hydrogen-bond acceptors (Lipinski definition) is 3. The summed E-state index contributed by atoms with van der Waals surface area (Å²) in [6.45, 7) is 6.23. The summed E-state index contributed by atoms with van der Waals surface area (Å²) >= 11 is 0. The number of morpholine rings is 1. The van der Waals surface area contributed by atoms with E-state index < -0.39 is 18.3 Å². The van der Waals surface area contributed by atoms with Crippen molar-refractivity contribution in [1.82, 2.24) is 10.2 Å². The van der Waals surface area contributed by atoms with Crippen molar-refractivity contribution in [3.05, 3.63) is 0 Å². The highest BCUT2D eigenvalue weighted by Crippen LogP contribution is 2.23. The van der Waals surface area contributed by atoms with Crippen LogP contribution >= 0.6 is 0 Å². The molecule has 1 heterocycles.